The number of hydrogen-bond donors (Lipinski definition) is 1. The Morgan fingerprint density at radius 2 is 2.30 bits per heavy atom. The average Bonchev–Trinajstić information content (AvgIpc) is 2.91. The topological polar surface area (TPSA) is 76.2 Å². The molecule has 0 saturated carbocycles. The van der Waals surface area contributed by atoms with Crippen LogP contribution in [-0.4, -0.2) is 46.3 Å². The minimum atomic E-state index is -0.336. The van der Waals surface area contributed by atoms with Gasteiger partial charge in [-0.25, -0.2) is 4.68 Å². The molecule has 1 N–H and O–H groups in total. The zero-order chi connectivity index (χ0) is 14.7. The van der Waals surface area contributed by atoms with Crippen molar-refractivity contribution in [1.29, 1.82) is 0 Å². The molecule has 7 nitrogen and oxygen atoms in total. The molecule has 0 amide bonds. The van der Waals surface area contributed by atoms with Gasteiger partial charge in [-0.1, -0.05) is 6.92 Å². The van der Waals surface area contributed by atoms with Crippen LogP contribution in [0.25, 0.3) is 0 Å². The van der Waals surface area contributed by atoms with Gasteiger partial charge in [0.05, 0.1) is 4.92 Å². The number of hydrogen-bond acceptors (Lipinski definition) is 5. The third-order valence-corrected chi connectivity index (χ3v) is 3.76. The standard InChI is InChI=1S/C13H23N5O2/c1-4-6-17-13(12(18(19)20)10(2)15-17)14-8-11-5-7-16(3)9-11/h11,14H,4-9H2,1-3H3. The first kappa shape index (κ1) is 14.8. The summed E-state index contributed by atoms with van der Waals surface area (Å²) in [5.41, 5.74) is 0.597. The first-order valence-electron chi connectivity index (χ1n) is 7.17. The number of aromatic nitrogens is 2. The molecule has 20 heavy (non-hydrogen) atoms. The lowest BCUT2D eigenvalue weighted by molar-refractivity contribution is -0.384. The van der Waals surface area contributed by atoms with E-state index in [4.69, 9.17) is 0 Å². The van der Waals surface area contributed by atoms with Gasteiger partial charge in [0.2, 0.25) is 5.82 Å². The van der Waals surface area contributed by atoms with Gasteiger partial charge in [0.25, 0.3) is 0 Å². The molecule has 1 unspecified atom stereocenters. The lowest BCUT2D eigenvalue weighted by atomic mass is 10.1. The number of nitro groups is 1. The van der Waals surface area contributed by atoms with Gasteiger partial charge in [-0.2, -0.15) is 5.10 Å². The monoisotopic (exact) mass is 281 g/mol. The molecular weight excluding hydrogens is 258 g/mol. The summed E-state index contributed by atoms with van der Waals surface area (Å²) in [5, 5.41) is 18.8. The van der Waals surface area contributed by atoms with E-state index in [1.165, 1.54) is 0 Å². The van der Waals surface area contributed by atoms with Crippen LogP contribution in [0.3, 0.4) is 0 Å². The Hall–Kier alpha value is -1.63. The zero-order valence-corrected chi connectivity index (χ0v) is 12.4. The molecule has 1 aliphatic heterocycles. The highest BCUT2D eigenvalue weighted by Gasteiger charge is 2.26. The number of likely N-dealkylation sites (tertiary alicyclic amines) is 1. The zero-order valence-electron chi connectivity index (χ0n) is 12.4. The van der Waals surface area contributed by atoms with Gasteiger partial charge in [0.1, 0.15) is 5.69 Å². The van der Waals surface area contributed by atoms with Gasteiger partial charge in [-0.05, 0) is 39.3 Å². The fourth-order valence-corrected chi connectivity index (χ4v) is 2.77. The van der Waals surface area contributed by atoms with Crippen molar-refractivity contribution >= 4 is 11.5 Å². The second kappa shape index (κ2) is 6.21. The fourth-order valence-electron chi connectivity index (χ4n) is 2.77. The Morgan fingerprint density at radius 3 is 2.85 bits per heavy atom. The van der Waals surface area contributed by atoms with E-state index in [1.54, 1.807) is 11.6 Å². The van der Waals surface area contributed by atoms with E-state index in [0.29, 0.717) is 24.0 Å². The molecule has 0 spiro atoms. The van der Waals surface area contributed by atoms with Crippen molar-refractivity contribution in [1.82, 2.24) is 14.7 Å². The van der Waals surface area contributed by atoms with Crippen LogP contribution in [0.5, 0.6) is 0 Å². The molecule has 1 atom stereocenters. The van der Waals surface area contributed by atoms with Gasteiger partial charge in [0.15, 0.2) is 0 Å². The minimum absolute atomic E-state index is 0.116. The number of rotatable bonds is 6. The molecule has 0 aromatic carbocycles. The molecule has 7 heteroatoms. The van der Waals surface area contributed by atoms with Gasteiger partial charge in [0, 0.05) is 19.6 Å². The maximum absolute atomic E-state index is 11.2. The summed E-state index contributed by atoms with van der Waals surface area (Å²) in [6.45, 7) is 7.34. The van der Waals surface area contributed by atoms with Crippen LogP contribution in [-0.2, 0) is 6.54 Å². The summed E-state index contributed by atoms with van der Waals surface area (Å²) in [7, 11) is 2.11. The van der Waals surface area contributed by atoms with E-state index >= 15 is 0 Å². The van der Waals surface area contributed by atoms with Gasteiger partial charge >= 0.3 is 5.69 Å². The highest BCUT2D eigenvalue weighted by atomic mass is 16.6. The van der Waals surface area contributed by atoms with Crippen molar-refractivity contribution in [2.45, 2.75) is 33.2 Å². The summed E-state index contributed by atoms with van der Waals surface area (Å²) < 4.78 is 1.73. The predicted molar refractivity (Wildman–Crippen MR) is 78.0 cm³/mol. The van der Waals surface area contributed by atoms with E-state index in [-0.39, 0.29) is 10.6 Å². The number of aryl methyl sites for hydroxylation is 2. The van der Waals surface area contributed by atoms with Crippen LogP contribution >= 0.6 is 0 Å². The van der Waals surface area contributed by atoms with Crippen molar-refractivity contribution in [3.05, 3.63) is 15.8 Å². The number of anilines is 1. The fraction of sp³-hybridized carbons (Fsp3) is 0.769. The number of nitrogens with zero attached hydrogens (tertiary/aromatic N) is 4. The molecule has 2 heterocycles. The summed E-state index contributed by atoms with van der Waals surface area (Å²) in [6.07, 6.45) is 2.04. The van der Waals surface area contributed by atoms with E-state index < -0.39 is 0 Å². The highest BCUT2D eigenvalue weighted by molar-refractivity contribution is 5.59. The summed E-state index contributed by atoms with van der Waals surface area (Å²) in [4.78, 5) is 13.2. The van der Waals surface area contributed by atoms with Gasteiger partial charge in [-0.3, -0.25) is 10.1 Å². The third-order valence-electron chi connectivity index (χ3n) is 3.76. The Balaban J connectivity index is 2.13. The smallest absolute Gasteiger partial charge is 0.333 e. The maximum atomic E-state index is 11.2. The van der Waals surface area contributed by atoms with Crippen molar-refractivity contribution in [2.75, 3.05) is 32.0 Å². The van der Waals surface area contributed by atoms with Crippen LogP contribution in [0.1, 0.15) is 25.5 Å². The van der Waals surface area contributed by atoms with Crippen LogP contribution in [0, 0.1) is 23.0 Å². The van der Waals surface area contributed by atoms with Crippen LogP contribution in [0.2, 0.25) is 0 Å². The highest BCUT2D eigenvalue weighted by Crippen LogP contribution is 2.29. The Bertz CT molecular complexity index is 485. The van der Waals surface area contributed by atoms with E-state index in [0.717, 1.165) is 32.5 Å². The van der Waals surface area contributed by atoms with Crippen LogP contribution in [0.15, 0.2) is 0 Å². The van der Waals surface area contributed by atoms with Crippen molar-refractivity contribution in [3.63, 3.8) is 0 Å². The van der Waals surface area contributed by atoms with Crippen LogP contribution in [0.4, 0.5) is 11.5 Å². The molecule has 1 aromatic heterocycles. The minimum Gasteiger partial charge on any atom is -0.364 e. The second-order valence-corrected chi connectivity index (χ2v) is 5.56. The first-order chi connectivity index (χ1) is 9.52. The molecule has 1 aromatic rings. The van der Waals surface area contributed by atoms with E-state index in [1.807, 2.05) is 6.92 Å². The van der Waals surface area contributed by atoms with Crippen LogP contribution < -0.4 is 5.32 Å². The van der Waals surface area contributed by atoms with Crippen molar-refractivity contribution in [3.8, 4) is 0 Å². The summed E-state index contributed by atoms with van der Waals surface area (Å²) >= 11 is 0. The lowest BCUT2D eigenvalue weighted by Gasteiger charge is -2.13. The maximum Gasteiger partial charge on any atom is 0.333 e. The van der Waals surface area contributed by atoms with Gasteiger partial charge in [-0.15, -0.1) is 0 Å². The largest absolute Gasteiger partial charge is 0.364 e. The summed E-state index contributed by atoms with van der Waals surface area (Å²) in [6, 6.07) is 0. The SMILES string of the molecule is CCCn1nc(C)c([N+](=O)[O-])c1NCC1CCN(C)C1. The van der Waals surface area contributed by atoms with Crippen molar-refractivity contribution < 1.29 is 4.92 Å². The third kappa shape index (κ3) is 3.09. The summed E-state index contributed by atoms with van der Waals surface area (Å²) in [5.74, 6) is 1.11. The van der Waals surface area contributed by atoms with E-state index in [9.17, 15) is 10.1 Å². The number of nitrogens with one attached hydrogen (secondary N) is 1. The molecule has 1 saturated heterocycles. The molecule has 0 radical (unpaired) electrons. The quantitative estimate of drug-likeness (QED) is 0.636. The Kier molecular flexibility index (Phi) is 4.59. The Labute approximate surface area is 119 Å². The van der Waals surface area contributed by atoms with Crippen molar-refractivity contribution in [2.24, 2.45) is 5.92 Å². The molecular formula is C13H23N5O2. The predicted octanol–water partition coefficient (Wildman–Crippen LogP) is 1.87. The van der Waals surface area contributed by atoms with Gasteiger partial charge < -0.3 is 10.2 Å². The molecule has 0 bridgehead atoms. The Morgan fingerprint density at radius 1 is 1.55 bits per heavy atom. The molecule has 1 aliphatic rings. The first-order valence-corrected chi connectivity index (χ1v) is 7.17. The average molecular weight is 281 g/mol. The van der Waals surface area contributed by atoms with E-state index in [2.05, 4.69) is 22.4 Å². The normalized spacial score (nSPS) is 19.4. The molecule has 0 aliphatic carbocycles. The molecule has 112 valence electrons. The molecule has 2 rings (SSSR count). The second-order valence-electron chi connectivity index (χ2n) is 5.56. The lowest BCUT2D eigenvalue weighted by Crippen LogP contribution is -2.20. The molecule has 1 fully saturated rings.